The quantitative estimate of drug-likeness (QED) is 0.903. The van der Waals surface area contributed by atoms with Crippen LogP contribution in [-0.2, 0) is 6.18 Å². The molecule has 1 heterocycles. The van der Waals surface area contributed by atoms with E-state index in [1.165, 1.54) is 18.2 Å². The van der Waals surface area contributed by atoms with Gasteiger partial charge >= 0.3 is 12.1 Å². The van der Waals surface area contributed by atoms with Gasteiger partial charge in [-0.3, -0.25) is 0 Å². The molecule has 2 N–H and O–H groups in total. The molecule has 2 rings (SSSR count). The number of alkyl halides is 3. The molecule has 0 aliphatic rings. The molecule has 1 aromatic carbocycles. The lowest BCUT2D eigenvalue weighted by Crippen LogP contribution is -2.06. The van der Waals surface area contributed by atoms with Gasteiger partial charge in [0.2, 0.25) is 0 Å². The predicted octanol–water partition coefficient (Wildman–Crippen LogP) is 3.85. The van der Waals surface area contributed by atoms with Crippen molar-refractivity contribution in [3.63, 3.8) is 0 Å². The summed E-state index contributed by atoms with van der Waals surface area (Å²) in [6, 6.07) is 6.15. The topological polar surface area (TPSA) is 62.2 Å². The van der Waals surface area contributed by atoms with Crippen LogP contribution in [0.3, 0.4) is 0 Å². The maximum Gasteiger partial charge on any atom is 0.416 e. The Kier molecular flexibility index (Phi) is 3.84. The van der Waals surface area contributed by atoms with Crippen molar-refractivity contribution in [1.82, 2.24) is 4.98 Å². The summed E-state index contributed by atoms with van der Waals surface area (Å²) in [7, 11) is 0. The van der Waals surface area contributed by atoms with Gasteiger partial charge in [0.05, 0.1) is 11.1 Å². The summed E-state index contributed by atoms with van der Waals surface area (Å²) < 4.78 is 37.8. The number of carboxylic acids is 1. The first-order chi connectivity index (χ1) is 9.77. The molecule has 1 aromatic heterocycles. The number of pyridine rings is 1. The van der Waals surface area contributed by atoms with Crippen LogP contribution >= 0.6 is 0 Å². The minimum atomic E-state index is -4.44. The molecular formula is C14H11F3N2O2. The van der Waals surface area contributed by atoms with Gasteiger partial charge in [0.15, 0.2) is 0 Å². The molecule has 21 heavy (non-hydrogen) atoms. The van der Waals surface area contributed by atoms with Gasteiger partial charge in [-0.2, -0.15) is 13.2 Å². The van der Waals surface area contributed by atoms with Gasteiger partial charge < -0.3 is 10.4 Å². The summed E-state index contributed by atoms with van der Waals surface area (Å²) in [6.07, 6.45) is -3.38. The van der Waals surface area contributed by atoms with Crippen molar-refractivity contribution in [3.8, 4) is 0 Å². The van der Waals surface area contributed by atoms with Crippen LogP contribution in [0.15, 0.2) is 36.5 Å². The number of aryl methyl sites for hydroxylation is 1. The normalized spacial score (nSPS) is 11.2. The fraction of sp³-hybridized carbons (Fsp3) is 0.143. The lowest BCUT2D eigenvalue weighted by Gasteiger charge is -2.11. The average Bonchev–Trinajstić information content (AvgIpc) is 2.37. The maximum absolute atomic E-state index is 12.6. The Hall–Kier alpha value is -2.57. The summed E-state index contributed by atoms with van der Waals surface area (Å²) in [4.78, 5) is 14.7. The van der Waals surface area contributed by atoms with Crippen LogP contribution < -0.4 is 5.32 Å². The summed E-state index contributed by atoms with van der Waals surface area (Å²) >= 11 is 0. The molecule has 0 saturated carbocycles. The first-order valence-corrected chi connectivity index (χ1v) is 5.91. The molecule has 0 aliphatic heterocycles. The highest BCUT2D eigenvalue weighted by atomic mass is 19.4. The third-order valence-corrected chi connectivity index (χ3v) is 2.82. The second kappa shape index (κ2) is 5.43. The number of aromatic nitrogens is 1. The van der Waals surface area contributed by atoms with Crippen molar-refractivity contribution >= 4 is 17.5 Å². The Morgan fingerprint density at radius 3 is 2.52 bits per heavy atom. The molecule has 0 amide bonds. The van der Waals surface area contributed by atoms with Crippen molar-refractivity contribution in [3.05, 3.63) is 53.2 Å². The van der Waals surface area contributed by atoms with Crippen LogP contribution in [0.25, 0.3) is 0 Å². The van der Waals surface area contributed by atoms with Crippen LogP contribution in [0.5, 0.6) is 0 Å². The Morgan fingerprint density at radius 2 is 1.95 bits per heavy atom. The third kappa shape index (κ3) is 3.50. The highest BCUT2D eigenvalue weighted by Crippen LogP contribution is 2.30. The Labute approximate surface area is 118 Å². The second-order valence-electron chi connectivity index (χ2n) is 4.39. The zero-order valence-corrected chi connectivity index (χ0v) is 10.9. The van der Waals surface area contributed by atoms with Gasteiger partial charge in [0, 0.05) is 11.9 Å². The number of nitrogens with one attached hydrogen (secondary N) is 1. The average molecular weight is 296 g/mol. The van der Waals surface area contributed by atoms with Gasteiger partial charge in [0.25, 0.3) is 0 Å². The second-order valence-corrected chi connectivity index (χ2v) is 4.39. The predicted molar refractivity (Wildman–Crippen MR) is 70.7 cm³/mol. The molecule has 0 unspecified atom stereocenters. The number of halogens is 3. The number of nitrogens with zero attached hydrogens (tertiary/aromatic N) is 1. The van der Waals surface area contributed by atoms with Crippen molar-refractivity contribution < 1.29 is 23.1 Å². The Balaban J connectivity index is 2.27. The van der Waals surface area contributed by atoms with E-state index in [0.717, 1.165) is 18.3 Å². The van der Waals surface area contributed by atoms with Crippen LogP contribution in [0.1, 0.15) is 21.5 Å². The molecule has 0 spiro atoms. The van der Waals surface area contributed by atoms with E-state index in [4.69, 9.17) is 5.11 Å². The smallest absolute Gasteiger partial charge is 0.416 e. The number of hydrogen-bond acceptors (Lipinski definition) is 3. The number of rotatable bonds is 3. The van der Waals surface area contributed by atoms with Gasteiger partial charge in [0.1, 0.15) is 5.82 Å². The SMILES string of the molecule is Cc1cc(Nc2cc(C(F)(F)F)ccn2)ccc1C(=O)O. The van der Waals surface area contributed by atoms with Crippen molar-refractivity contribution in [2.75, 3.05) is 5.32 Å². The van der Waals surface area contributed by atoms with Crippen molar-refractivity contribution in [1.29, 1.82) is 0 Å². The van der Waals surface area contributed by atoms with E-state index >= 15 is 0 Å². The lowest BCUT2D eigenvalue weighted by atomic mass is 10.1. The molecule has 2 aromatic rings. The first-order valence-electron chi connectivity index (χ1n) is 5.91. The molecule has 0 fully saturated rings. The van der Waals surface area contributed by atoms with Crippen molar-refractivity contribution in [2.45, 2.75) is 13.1 Å². The van der Waals surface area contributed by atoms with Crippen LogP contribution in [0.4, 0.5) is 24.7 Å². The van der Waals surface area contributed by atoms with Gasteiger partial charge in [-0.05, 0) is 42.8 Å². The molecule has 7 heteroatoms. The van der Waals surface area contributed by atoms with E-state index in [0.29, 0.717) is 11.3 Å². The number of anilines is 2. The molecule has 4 nitrogen and oxygen atoms in total. The highest BCUT2D eigenvalue weighted by molar-refractivity contribution is 5.90. The van der Waals surface area contributed by atoms with Gasteiger partial charge in [-0.25, -0.2) is 9.78 Å². The number of benzene rings is 1. The zero-order valence-electron chi connectivity index (χ0n) is 10.9. The molecule has 0 bridgehead atoms. The van der Waals surface area contributed by atoms with Gasteiger partial charge in [-0.1, -0.05) is 0 Å². The van der Waals surface area contributed by atoms with E-state index in [1.54, 1.807) is 6.92 Å². The first kappa shape index (κ1) is 14.8. The fourth-order valence-corrected chi connectivity index (χ4v) is 1.80. The minimum Gasteiger partial charge on any atom is -0.478 e. The monoisotopic (exact) mass is 296 g/mol. The van der Waals surface area contributed by atoms with Crippen molar-refractivity contribution in [2.24, 2.45) is 0 Å². The minimum absolute atomic E-state index is 0.0345. The highest BCUT2D eigenvalue weighted by Gasteiger charge is 2.30. The van der Waals surface area contributed by atoms with E-state index in [2.05, 4.69) is 10.3 Å². The Bertz CT molecular complexity index is 684. The van der Waals surface area contributed by atoms with Crippen LogP contribution in [0.2, 0.25) is 0 Å². The molecule has 0 radical (unpaired) electrons. The molecule has 0 aliphatic carbocycles. The lowest BCUT2D eigenvalue weighted by molar-refractivity contribution is -0.137. The number of aromatic carboxylic acids is 1. The molecule has 0 atom stereocenters. The number of carbonyl (C=O) groups is 1. The number of carboxylic acid groups (broad SMARTS) is 1. The molecule has 0 saturated heterocycles. The Morgan fingerprint density at radius 1 is 1.24 bits per heavy atom. The molecular weight excluding hydrogens is 285 g/mol. The largest absolute Gasteiger partial charge is 0.478 e. The van der Waals surface area contributed by atoms with Gasteiger partial charge in [-0.15, -0.1) is 0 Å². The summed E-state index contributed by atoms with van der Waals surface area (Å²) in [5, 5.41) is 11.6. The van der Waals surface area contributed by atoms with E-state index in [-0.39, 0.29) is 11.4 Å². The van der Waals surface area contributed by atoms with E-state index in [1.807, 2.05) is 0 Å². The van der Waals surface area contributed by atoms with Crippen LogP contribution in [-0.4, -0.2) is 16.1 Å². The standard InChI is InChI=1S/C14H11F3N2O2/c1-8-6-10(2-3-11(8)13(20)21)19-12-7-9(4-5-18-12)14(15,16)17/h2-7H,1H3,(H,18,19)(H,20,21). The van der Waals surface area contributed by atoms with E-state index in [9.17, 15) is 18.0 Å². The molecule has 110 valence electrons. The summed E-state index contributed by atoms with van der Waals surface area (Å²) in [6.45, 7) is 1.61. The summed E-state index contributed by atoms with van der Waals surface area (Å²) in [5.74, 6) is -1.02. The zero-order chi connectivity index (χ0) is 15.6. The van der Waals surface area contributed by atoms with Crippen LogP contribution in [0, 0.1) is 6.92 Å². The van der Waals surface area contributed by atoms with E-state index < -0.39 is 17.7 Å². The third-order valence-electron chi connectivity index (χ3n) is 2.82. The number of hydrogen-bond donors (Lipinski definition) is 2. The fourth-order valence-electron chi connectivity index (χ4n) is 1.80. The summed E-state index contributed by atoms with van der Waals surface area (Å²) in [5.41, 5.74) is 0.292. The maximum atomic E-state index is 12.6.